The molecule has 1 amide bonds. The molecular formula is C18H21F3N4O. The molecule has 0 aliphatic carbocycles. The standard InChI is InChI=1S/C18H21F3N4O/c19-18(20,21)15-6-2-1-4-13(15)11-23-17(26)12-25-16(7-9-24-25)14-5-3-8-22-10-14/h1-2,4,6-7,9,14,22H,3,5,8,10-12H2,(H,23,26)/t14-/m0/s1. The highest BCUT2D eigenvalue weighted by Crippen LogP contribution is 2.31. The highest BCUT2D eigenvalue weighted by atomic mass is 19.4. The molecule has 140 valence electrons. The van der Waals surface area contributed by atoms with Gasteiger partial charge in [-0.15, -0.1) is 0 Å². The smallest absolute Gasteiger partial charge is 0.350 e. The quantitative estimate of drug-likeness (QED) is 0.855. The van der Waals surface area contributed by atoms with Gasteiger partial charge in [-0.25, -0.2) is 0 Å². The summed E-state index contributed by atoms with van der Waals surface area (Å²) in [6.07, 6.45) is -0.698. The number of amides is 1. The van der Waals surface area contributed by atoms with Gasteiger partial charge in [-0.3, -0.25) is 9.48 Å². The second-order valence-electron chi connectivity index (χ2n) is 6.39. The van der Waals surface area contributed by atoms with Gasteiger partial charge in [-0.05, 0) is 37.1 Å². The van der Waals surface area contributed by atoms with Gasteiger partial charge >= 0.3 is 6.18 Å². The number of alkyl halides is 3. The van der Waals surface area contributed by atoms with Crippen molar-refractivity contribution in [3.63, 3.8) is 0 Å². The fourth-order valence-corrected chi connectivity index (χ4v) is 3.26. The van der Waals surface area contributed by atoms with Crippen LogP contribution < -0.4 is 10.6 Å². The predicted octanol–water partition coefficient (Wildman–Crippen LogP) is 2.69. The maximum atomic E-state index is 13.0. The Balaban J connectivity index is 1.62. The van der Waals surface area contributed by atoms with Crippen molar-refractivity contribution in [3.8, 4) is 0 Å². The van der Waals surface area contributed by atoms with Gasteiger partial charge in [0, 0.05) is 30.9 Å². The number of benzene rings is 1. The van der Waals surface area contributed by atoms with E-state index in [0.717, 1.165) is 37.7 Å². The molecule has 1 atom stereocenters. The maximum Gasteiger partial charge on any atom is 0.416 e. The minimum absolute atomic E-state index is 0.00693. The number of hydrogen-bond donors (Lipinski definition) is 2. The molecule has 0 radical (unpaired) electrons. The lowest BCUT2D eigenvalue weighted by atomic mass is 9.96. The molecule has 26 heavy (non-hydrogen) atoms. The summed E-state index contributed by atoms with van der Waals surface area (Å²) >= 11 is 0. The van der Waals surface area contributed by atoms with Crippen molar-refractivity contribution in [2.45, 2.75) is 38.0 Å². The van der Waals surface area contributed by atoms with Crippen LogP contribution in [0.1, 0.15) is 35.6 Å². The number of nitrogens with one attached hydrogen (secondary N) is 2. The van der Waals surface area contributed by atoms with E-state index in [4.69, 9.17) is 0 Å². The van der Waals surface area contributed by atoms with Crippen LogP contribution in [0, 0.1) is 0 Å². The van der Waals surface area contributed by atoms with Gasteiger partial charge in [0.05, 0.1) is 5.56 Å². The monoisotopic (exact) mass is 366 g/mol. The number of carbonyl (C=O) groups excluding carboxylic acids is 1. The molecule has 2 heterocycles. The minimum Gasteiger partial charge on any atom is -0.350 e. The van der Waals surface area contributed by atoms with Gasteiger partial charge in [-0.2, -0.15) is 18.3 Å². The molecular weight excluding hydrogens is 345 g/mol. The van der Waals surface area contributed by atoms with Gasteiger partial charge in [0.25, 0.3) is 0 Å². The molecule has 1 saturated heterocycles. The summed E-state index contributed by atoms with van der Waals surface area (Å²) in [6.45, 7) is 1.65. The number of carbonyl (C=O) groups is 1. The van der Waals surface area contributed by atoms with Crippen LogP contribution in [0.15, 0.2) is 36.5 Å². The molecule has 1 aromatic carbocycles. The van der Waals surface area contributed by atoms with E-state index in [9.17, 15) is 18.0 Å². The van der Waals surface area contributed by atoms with E-state index in [1.807, 2.05) is 6.07 Å². The Morgan fingerprint density at radius 3 is 2.85 bits per heavy atom. The minimum atomic E-state index is -4.44. The first-order valence-electron chi connectivity index (χ1n) is 8.59. The highest BCUT2D eigenvalue weighted by molar-refractivity contribution is 5.75. The Morgan fingerprint density at radius 1 is 1.31 bits per heavy atom. The number of nitrogens with zero attached hydrogens (tertiary/aromatic N) is 2. The molecule has 8 heteroatoms. The number of hydrogen-bond acceptors (Lipinski definition) is 3. The van der Waals surface area contributed by atoms with Crippen LogP contribution >= 0.6 is 0 Å². The first-order chi connectivity index (χ1) is 12.4. The van der Waals surface area contributed by atoms with Crippen molar-refractivity contribution in [1.82, 2.24) is 20.4 Å². The summed E-state index contributed by atoms with van der Waals surface area (Å²) in [5, 5.41) is 10.1. The van der Waals surface area contributed by atoms with Gasteiger partial charge in [0.2, 0.25) is 5.91 Å². The van der Waals surface area contributed by atoms with Crippen molar-refractivity contribution in [1.29, 1.82) is 0 Å². The third-order valence-corrected chi connectivity index (χ3v) is 4.56. The Hall–Kier alpha value is -2.35. The van der Waals surface area contributed by atoms with Gasteiger partial charge in [0.15, 0.2) is 0 Å². The van der Waals surface area contributed by atoms with Gasteiger partial charge in [0.1, 0.15) is 6.54 Å². The predicted molar refractivity (Wildman–Crippen MR) is 90.4 cm³/mol. The van der Waals surface area contributed by atoms with E-state index in [1.54, 1.807) is 10.9 Å². The molecule has 2 aromatic rings. The molecule has 3 rings (SSSR count). The summed E-state index contributed by atoms with van der Waals surface area (Å²) in [7, 11) is 0. The first-order valence-corrected chi connectivity index (χ1v) is 8.59. The zero-order valence-electron chi connectivity index (χ0n) is 14.2. The lowest BCUT2D eigenvalue weighted by Gasteiger charge is -2.23. The number of piperidine rings is 1. The number of aromatic nitrogens is 2. The molecule has 5 nitrogen and oxygen atoms in total. The van der Waals surface area contributed by atoms with E-state index < -0.39 is 11.7 Å². The van der Waals surface area contributed by atoms with Crippen LogP contribution in [-0.2, 0) is 24.1 Å². The van der Waals surface area contributed by atoms with Crippen LogP contribution in [0.4, 0.5) is 13.2 Å². The lowest BCUT2D eigenvalue weighted by molar-refractivity contribution is -0.138. The first kappa shape index (κ1) is 18.4. The van der Waals surface area contributed by atoms with Crippen LogP contribution in [0.2, 0.25) is 0 Å². The molecule has 0 spiro atoms. The summed E-state index contributed by atoms with van der Waals surface area (Å²) in [4.78, 5) is 12.2. The Morgan fingerprint density at radius 2 is 2.12 bits per heavy atom. The largest absolute Gasteiger partial charge is 0.416 e. The fourth-order valence-electron chi connectivity index (χ4n) is 3.26. The summed E-state index contributed by atoms with van der Waals surface area (Å²) in [5.74, 6) is -0.0688. The molecule has 1 aliphatic rings. The van der Waals surface area contributed by atoms with E-state index >= 15 is 0 Å². The van der Waals surface area contributed by atoms with Crippen LogP contribution in [-0.4, -0.2) is 28.8 Å². The Bertz CT molecular complexity index is 751. The van der Waals surface area contributed by atoms with Crippen molar-refractivity contribution in [2.75, 3.05) is 13.1 Å². The third-order valence-electron chi connectivity index (χ3n) is 4.56. The van der Waals surface area contributed by atoms with E-state index in [2.05, 4.69) is 15.7 Å². The summed E-state index contributed by atoms with van der Waals surface area (Å²) in [5.41, 5.74) is 0.293. The summed E-state index contributed by atoms with van der Waals surface area (Å²) in [6, 6.07) is 7.14. The zero-order valence-corrected chi connectivity index (χ0v) is 14.2. The SMILES string of the molecule is O=C(Cn1nccc1[C@H]1CCCNC1)NCc1ccccc1C(F)(F)F. The van der Waals surface area contributed by atoms with Crippen molar-refractivity contribution in [3.05, 3.63) is 53.3 Å². The molecule has 2 N–H and O–H groups in total. The van der Waals surface area contributed by atoms with Crippen LogP contribution in [0.5, 0.6) is 0 Å². The second kappa shape index (κ2) is 7.90. The molecule has 0 bridgehead atoms. The normalized spacial score (nSPS) is 17.9. The molecule has 0 saturated carbocycles. The van der Waals surface area contributed by atoms with E-state index in [-0.39, 0.29) is 24.6 Å². The van der Waals surface area contributed by atoms with Crippen molar-refractivity contribution >= 4 is 5.91 Å². The maximum absolute atomic E-state index is 13.0. The van der Waals surface area contributed by atoms with Gasteiger partial charge < -0.3 is 10.6 Å². The van der Waals surface area contributed by atoms with E-state index in [1.165, 1.54) is 18.2 Å². The Labute approximate surface area is 149 Å². The highest BCUT2D eigenvalue weighted by Gasteiger charge is 2.32. The average Bonchev–Trinajstić information content (AvgIpc) is 3.08. The van der Waals surface area contributed by atoms with Crippen LogP contribution in [0.3, 0.4) is 0 Å². The molecule has 1 fully saturated rings. The molecule has 1 aromatic heterocycles. The molecule has 1 aliphatic heterocycles. The zero-order chi connectivity index (χ0) is 18.6. The Kier molecular flexibility index (Phi) is 5.61. The molecule has 0 unspecified atom stereocenters. The second-order valence-corrected chi connectivity index (χ2v) is 6.39. The summed E-state index contributed by atoms with van der Waals surface area (Å²) < 4.78 is 40.6. The number of halogens is 3. The fraction of sp³-hybridized carbons (Fsp3) is 0.444. The van der Waals surface area contributed by atoms with Crippen molar-refractivity contribution in [2.24, 2.45) is 0 Å². The third kappa shape index (κ3) is 4.43. The topological polar surface area (TPSA) is 59.0 Å². The van der Waals surface area contributed by atoms with Crippen LogP contribution in [0.25, 0.3) is 0 Å². The lowest BCUT2D eigenvalue weighted by Crippen LogP contribution is -2.32. The van der Waals surface area contributed by atoms with Gasteiger partial charge in [-0.1, -0.05) is 18.2 Å². The number of rotatable bonds is 5. The average molecular weight is 366 g/mol. The van der Waals surface area contributed by atoms with Crippen molar-refractivity contribution < 1.29 is 18.0 Å². The van der Waals surface area contributed by atoms with E-state index in [0.29, 0.717) is 5.92 Å².